The molecule has 13 unspecified atom stereocenters. The first kappa shape index (κ1) is 45.1. The lowest BCUT2D eigenvalue weighted by Crippen LogP contribution is -2.61. The summed E-state index contributed by atoms with van der Waals surface area (Å²) in [5, 5.41) is 0. The summed E-state index contributed by atoms with van der Waals surface area (Å²) in [7, 11) is 1.90. The monoisotopic (exact) mass is 876 g/mol. The minimum atomic E-state index is -1.27. The predicted octanol–water partition coefficient (Wildman–Crippen LogP) is 10.3. The van der Waals surface area contributed by atoms with Crippen LogP contribution in [-0.4, -0.2) is 80.6 Å². The van der Waals surface area contributed by atoms with Crippen LogP contribution in [0, 0.1) is 46.3 Å². The van der Waals surface area contributed by atoms with Crippen molar-refractivity contribution in [1.82, 2.24) is 0 Å². The van der Waals surface area contributed by atoms with E-state index in [4.69, 9.17) is 33.2 Å². The van der Waals surface area contributed by atoms with Crippen molar-refractivity contribution in [2.75, 3.05) is 13.7 Å². The molecule has 3 aromatic rings. The number of hydrogen-bond acceptors (Lipinski definition) is 10. The molecule has 2 heterocycles. The van der Waals surface area contributed by atoms with Gasteiger partial charge in [-0.15, -0.1) is 0 Å². The second kappa shape index (κ2) is 19.0. The molecule has 0 amide bonds. The standard InChI is InChI=1S/C54H68O10/c1-33(21-23-40-30-44-45(61-40)31-43-41-24-22-38-29-39(58-5)25-27-53(38,3)42(41)26-28-54(43,44)4)32-59-52-48(64-51(57)37-19-13-8-14-20-37)47(63-50(56)36-17-11-7-12-18-36)46(34(2)60-52)62-49(55)35-15-9-6-10-16-35/h6-20,33-34,38-48,52H,21-32H2,1-5H3/t33-,34?,38?,39?,40?,41?,42?,43?,44?,45?,46+,47?,48?,52+,53?,54?/m0/s1. The van der Waals surface area contributed by atoms with Crippen LogP contribution in [0.25, 0.3) is 0 Å². The molecule has 10 heteroatoms. The fraction of sp³-hybridized carbons (Fsp3) is 0.611. The zero-order valence-electron chi connectivity index (χ0n) is 38.3. The number of benzene rings is 3. The van der Waals surface area contributed by atoms with Gasteiger partial charge in [0.2, 0.25) is 0 Å². The SMILES string of the molecule is COC1CCC2(C)C(CCC3C2CCC2(C)C4CC(CC[C@H](C)CO[C@@H]5OC(C)[C@@H](OC(=O)c6ccccc6)C(OC(=O)c6ccccc6)C5OC(=O)c5ccccc5)OC4CC32)C1. The molecule has 2 saturated heterocycles. The fourth-order valence-electron chi connectivity index (χ4n) is 13.5. The van der Waals surface area contributed by atoms with Crippen LogP contribution in [-0.2, 0) is 33.2 Å². The van der Waals surface area contributed by atoms with E-state index in [-0.39, 0.29) is 12.0 Å². The van der Waals surface area contributed by atoms with E-state index in [9.17, 15) is 14.4 Å². The lowest BCUT2D eigenvalue weighted by Gasteiger charge is -2.61. The van der Waals surface area contributed by atoms with Gasteiger partial charge in [0.25, 0.3) is 0 Å². The van der Waals surface area contributed by atoms with E-state index >= 15 is 0 Å². The molecule has 4 saturated carbocycles. The van der Waals surface area contributed by atoms with E-state index in [1.165, 1.54) is 51.4 Å². The number of carbonyl (C=O) groups is 3. The molecule has 64 heavy (non-hydrogen) atoms. The molecule has 4 aliphatic carbocycles. The Labute approximate surface area is 379 Å². The predicted molar refractivity (Wildman–Crippen MR) is 240 cm³/mol. The first-order valence-corrected chi connectivity index (χ1v) is 24.2. The number of hydrogen-bond donors (Lipinski definition) is 0. The summed E-state index contributed by atoms with van der Waals surface area (Å²) in [5.74, 6) is 2.00. The van der Waals surface area contributed by atoms with Gasteiger partial charge in [-0.25, -0.2) is 14.4 Å². The van der Waals surface area contributed by atoms with E-state index in [0.717, 1.165) is 42.9 Å². The Morgan fingerprint density at radius 2 is 1.23 bits per heavy atom. The molecule has 0 bridgehead atoms. The second-order valence-electron chi connectivity index (χ2n) is 20.6. The Balaban J connectivity index is 0.854. The molecule has 6 fully saturated rings. The number of rotatable bonds is 13. The van der Waals surface area contributed by atoms with Crippen LogP contribution in [0.15, 0.2) is 91.0 Å². The van der Waals surface area contributed by atoms with Crippen LogP contribution in [0.3, 0.4) is 0 Å². The van der Waals surface area contributed by atoms with Crippen LogP contribution in [0.5, 0.6) is 0 Å². The zero-order chi connectivity index (χ0) is 44.6. The topological polar surface area (TPSA) is 116 Å². The van der Waals surface area contributed by atoms with Crippen LogP contribution < -0.4 is 0 Å². The highest BCUT2D eigenvalue weighted by atomic mass is 16.7. The van der Waals surface area contributed by atoms with Crippen LogP contribution in [0.2, 0.25) is 0 Å². The summed E-state index contributed by atoms with van der Waals surface area (Å²) in [4.78, 5) is 41.0. The Morgan fingerprint density at radius 1 is 0.656 bits per heavy atom. The fourth-order valence-corrected chi connectivity index (χ4v) is 13.5. The van der Waals surface area contributed by atoms with E-state index in [0.29, 0.717) is 52.3 Å². The third-order valence-corrected chi connectivity index (χ3v) is 17.1. The maximum Gasteiger partial charge on any atom is 0.338 e. The smallest absolute Gasteiger partial charge is 0.338 e. The minimum absolute atomic E-state index is 0.121. The minimum Gasteiger partial charge on any atom is -0.452 e. The summed E-state index contributed by atoms with van der Waals surface area (Å²) in [6.45, 7) is 9.44. The largest absolute Gasteiger partial charge is 0.452 e. The van der Waals surface area contributed by atoms with Crippen molar-refractivity contribution < 1.29 is 47.5 Å². The number of carbonyl (C=O) groups excluding carboxylic acids is 3. The summed E-state index contributed by atoms with van der Waals surface area (Å²) in [6.07, 6.45) is 8.76. The van der Waals surface area contributed by atoms with E-state index < -0.39 is 48.6 Å². The van der Waals surface area contributed by atoms with E-state index in [1.54, 1.807) is 91.9 Å². The van der Waals surface area contributed by atoms with Gasteiger partial charge in [-0.3, -0.25) is 0 Å². The van der Waals surface area contributed by atoms with Crippen molar-refractivity contribution in [3.8, 4) is 0 Å². The van der Waals surface area contributed by atoms with Gasteiger partial charge < -0.3 is 33.2 Å². The molecule has 0 aromatic heterocycles. The zero-order valence-corrected chi connectivity index (χ0v) is 38.3. The van der Waals surface area contributed by atoms with Crippen molar-refractivity contribution in [3.05, 3.63) is 108 Å². The number of esters is 3. The Bertz CT molecular complexity index is 2060. The molecule has 3 aromatic carbocycles. The Hall–Kier alpha value is -4.09. The highest BCUT2D eigenvalue weighted by Crippen LogP contribution is 2.69. The van der Waals surface area contributed by atoms with Gasteiger partial charge in [0, 0.05) is 7.11 Å². The van der Waals surface area contributed by atoms with Crippen molar-refractivity contribution in [1.29, 1.82) is 0 Å². The van der Waals surface area contributed by atoms with Gasteiger partial charge in [0.15, 0.2) is 24.6 Å². The number of fused-ring (bicyclic) bond motifs is 7. The van der Waals surface area contributed by atoms with Gasteiger partial charge in [-0.1, -0.05) is 75.4 Å². The molecule has 2 aliphatic heterocycles. The van der Waals surface area contributed by atoms with Gasteiger partial charge >= 0.3 is 17.9 Å². The third-order valence-electron chi connectivity index (χ3n) is 17.1. The summed E-state index contributed by atoms with van der Waals surface area (Å²) >= 11 is 0. The lowest BCUT2D eigenvalue weighted by molar-refractivity contribution is -0.293. The molecule has 6 aliphatic rings. The molecule has 9 rings (SSSR count). The molecule has 344 valence electrons. The molecule has 0 spiro atoms. The van der Waals surface area contributed by atoms with Gasteiger partial charge in [-0.2, -0.15) is 0 Å². The van der Waals surface area contributed by atoms with Gasteiger partial charge in [-0.05, 0) is 160 Å². The van der Waals surface area contributed by atoms with Gasteiger partial charge in [0.1, 0.15) is 0 Å². The highest BCUT2D eigenvalue weighted by Gasteiger charge is 2.64. The highest BCUT2D eigenvalue weighted by molar-refractivity contribution is 5.91. The first-order valence-electron chi connectivity index (χ1n) is 24.2. The van der Waals surface area contributed by atoms with E-state index in [2.05, 4.69) is 20.8 Å². The van der Waals surface area contributed by atoms with Gasteiger partial charge in [0.05, 0.1) is 47.7 Å². The third kappa shape index (κ3) is 8.93. The Kier molecular flexibility index (Phi) is 13.4. The van der Waals surface area contributed by atoms with Crippen molar-refractivity contribution >= 4 is 17.9 Å². The first-order chi connectivity index (χ1) is 30.9. The molecular weight excluding hydrogens is 809 g/mol. The number of ether oxygens (including phenoxy) is 7. The maximum absolute atomic E-state index is 13.7. The quantitative estimate of drug-likeness (QED) is 0.121. The molecule has 0 N–H and O–H groups in total. The van der Waals surface area contributed by atoms with Crippen LogP contribution in [0.4, 0.5) is 0 Å². The maximum atomic E-state index is 13.7. The molecule has 10 nitrogen and oxygen atoms in total. The van der Waals surface area contributed by atoms with Crippen molar-refractivity contribution in [2.24, 2.45) is 46.3 Å². The van der Waals surface area contributed by atoms with Crippen molar-refractivity contribution in [3.63, 3.8) is 0 Å². The second-order valence-corrected chi connectivity index (χ2v) is 20.6. The summed E-state index contributed by atoms with van der Waals surface area (Å²) in [5.41, 5.74) is 1.72. The normalized spacial score (nSPS) is 38.1. The lowest BCUT2D eigenvalue weighted by atomic mass is 9.44. The average Bonchev–Trinajstić information content (AvgIpc) is 3.86. The summed E-state index contributed by atoms with van der Waals surface area (Å²) < 4.78 is 44.2. The number of methoxy groups -OCH3 is 1. The van der Waals surface area contributed by atoms with E-state index in [1.807, 2.05) is 13.2 Å². The molecule has 16 atom stereocenters. The van der Waals surface area contributed by atoms with Crippen LogP contribution >= 0.6 is 0 Å². The Morgan fingerprint density at radius 3 is 1.84 bits per heavy atom. The van der Waals surface area contributed by atoms with Crippen molar-refractivity contribution in [2.45, 2.75) is 147 Å². The molecule has 0 radical (unpaired) electrons. The van der Waals surface area contributed by atoms with Crippen LogP contribution in [0.1, 0.15) is 129 Å². The summed E-state index contributed by atoms with van der Waals surface area (Å²) in [6, 6.07) is 25.7. The average molecular weight is 877 g/mol. The molecular formula is C54H68O10.